The molecule has 0 amide bonds. The molecular formula is C19H26N2O2. The van der Waals surface area contributed by atoms with Crippen LogP contribution in [0.25, 0.3) is 10.9 Å². The van der Waals surface area contributed by atoms with Crippen molar-refractivity contribution in [1.82, 2.24) is 9.47 Å². The minimum atomic E-state index is -0.849. The number of fused-ring (bicyclic) bond motifs is 1. The Kier molecular flexibility index (Phi) is 4.44. The van der Waals surface area contributed by atoms with Gasteiger partial charge in [0.15, 0.2) is 0 Å². The molecule has 1 aromatic heterocycles. The minimum Gasteiger partial charge on any atom is -0.478 e. The van der Waals surface area contributed by atoms with Crippen LogP contribution in [-0.2, 0) is 6.42 Å². The van der Waals surface area contributed by atoms with Crippen LogP contribution in [0.4, 0.5) is 0 Å². The van der Waals surface area contributed by atoms with Gasteiger partial charge in [0.1, 0.15) is 0 Å². The Balaban J connectivity index is 2.02. The Morgan fingerprint density at radius 1 is 1.26 bits per heavy atom. The summed E-state index contributed by atoms with van der Waals surface area (Å²) in [5.41, 5.74) is 3.88. The third kappa shape index (κ3) is 3.13. The maximum Gasteiger partial charge on any atom is 0.335 e. The first kappa shape index (κ1) is 16.1. The number of rotatable bonds is 5. The average Bonchev–Trinajstić information content (AvgIpc) is 3.12. The van der Waals surface area contributed by atoms with E-state index in [4.69, 9.17) is 0 Å². The third-order valence-electron chi connectivity index (χ3n) is 4.90. The van der Waals surface area contributed by atoms with Gasteiger partial charge in [-0.15, -0.1) is 0 Å². The molecule has 1 aliphatic heterocycles. The van der Waals surface area contributed by atoms with Gasteiger partial charge < -0.3 is 14.6 Å². The molecule has 0 bridgehead atoms. The summed E-state index contributed by atoms with van der Waals surface area (Å²) < 4.78 is 2.29. The number of carboxylic acid groups (broad SMARTS) is 1. The molecule has 23 heavy (non-hydrogen) atoms. The molecule has 4 heteroatoms. The Bertz CT molecular complexity index is 725. The number of carbonyl (C=O) groups is 1. The predicted molar refractivity (Wildman–Crippen MR) is 93.4 cm³/mol. The highest BCUT2D eigenvalue weighted by Gasteiger charge is 2.17. The van der Waals surface area contributed by atoms with Gasteiger partial charge in [-0.1, -0.05) is 0 Å². The lowest BCUT2D eigenvalue weighted by molar-refractivity contribution is 0.0697. The van der Waals surface area contributed by atoms with E-state index in [1.54, 1.807) is 6.07 Å². The maximum absolute atomic E-state index is 11.4. The van der Waals surface area contributed by atoms with Gasteiger partial charge in [-0.05, 0) is 76.4 Å². The van der Waals surface area contributed by atoms with Gasteiger partial charge in [0.2, 0.25) is 0 Å². The van der Waals surface area contributed by atoms with E-state index in [2.05, 4.69) is 29.5 Å². The first-order valence-electron chi connectivity index (χ1n) is 8.57. The predicted octanol–water partition coefficient (Wildman–Crippen LogP) is 3.87. The molecule has 1 fully saturated rings. The van der Waals surface area contributed by atoms with Crippen molar-refractivity contribution in [3.05, 3.63) is 35.0 Å². The zero-order chi connectivity index (χ0) is 16.6. The van der Waals surface area contributed by atoms with Crippen LogP contribution in [0.1, 0.15) is 54.2 Å². The lowest BCUT2D eigenvalue weighted by Crippen LogP contribution is -2.21. The summed E-state index contributed by atoms with van der Waals surface area (Å²) in [6.45, 7) is 9.82. The summed E-state index contributed by atoms with van der Waals surface area (Å²) in [4.78, 5) is 13.9. The van der Waals surface area contributed by atoms with Crippen LogP contribution in [0.15, 0.2) is 18.3 Å². The Labute approximate surface area is 137 Å². The fourth-order valence-electron chi connectivity index (χ4n) is 3.68. The summed E-state index contributed by atoms with van der Waals surface area (Å²) in [6, 6.07) is 4.00. The SMILES string of the molecule is Cc1cc(C(=O)O)cc2c(CCN3CCCC3)cn(C(C)C)c12. The molecule has 2 aromatic rings. The highest BCUT2D eigenvalue weighted by Crippen LogP contribution is 2.29. The van der Waals surface area contributed by atoms with E-state index in [9.17, 15) is 9.90 Å². The number of aryl methyl sites for hydroxylation is 1. The molecule has 0 aliphatic carbocycles. The molecule has 4 nitrogen and oxygen atoms in total. The molecule has 2 heterocycles. The number of hydrogen-bond acceptors (Lipinski definition) is 2. The lowest BCUT2D eigenvalue weighted by atomic mass is 10.0. The molecule has 0 unspecified atom stereocenters. The van der Waals surface area contributed by atoms with Crippen molar-refractivity contribution in [2.24, 2.45) is 0 Å². The fraction of sp³-hybridized carbons (Fsp3) is 0.526. The average molecular weight is 314 g/mol. The van der Waals surface area contributed by atoms with E-state index in [0.717, 1.165) is 23.9 Å². The van der Waals surface area contributed by atoms with Crippen LogP contribution in [-0.4, -0.2) is 40.2 Å². The van der Waals surface area contributed by atoms with Crippen molar-refractivity contribution in [3.63, 3.8) is 0 Å². The summed E-state index contributed by atoms with van der Waals surface area (Å²) >= 11 is 0. The summed E-state index contributed by atoms with van der Waals surface area (Å²) in [5.74, 6) is -0.849. The van der Waals surface area contributed by atoms with E-state index >= 15 is 0 Å². The quantitative estimate of drug-likeness (QED) is 0.911. The van der Waals surface area contributed by atoms with E-state index < -0.39 is 5.97 Å². The van der Waals surface area contributed by atoms with E-state index in [0.29, 0.717) is 11.6 Å². The highest BCUT2D eigenvalue weighted by atomic mass is 16.4. The topological polar surface area (TPSA) is 45.5 Å². The first-order chi connectivity index (χ1) is 11.0. The summed E-state index contributed by atoms with van der Waals surface area (Å²) in [7, 11) is 0. The Morgan fingerprint density at radius 3 is 2.57 bits per heavy atom. The number of aromatic carboxylic acids is 1. The smallest absolute Gasteiger partial charge is 0.335 e. The lowest BCUT2D eigenvalue weighted by Gasteiger charge is -2.13. The number of hydrogen-bond donors (Lipinski definition) is 1. The number of carboxylic acids is 1. The van der Waals surface area contributed by atoms with E-state index in [1.165, 1.54) is 37.0 Å². The monoisotopic (exact) mass is 314 g/mol. The Morgan fingerprint density at radius 2 is 1.96 bits per heavy atom. The normalized spacial score (nSPS) is 15.8. The van der Waals surface area contributed by atoms with Crippen LogP contribution in [0.2, 0.25) is 0 Å². The molecule has 3 rings (SSSR count). The minimum absolute atomic E-state index is 0.368. The number of nitrogens with zero attached hydrogens (tertiary/aromatic N) is 2. The van der Waals surface area contributed by atoms with Crippen molar-refractivity contribution in [3.8, 4) is 0 Å². The van der Waals surface area contributed by atoms with Gasteiger partial charge in [-0.2, -0.15) is 0 Å². The summed E-state index contributed by atoms with van der Waals surface area (Å²) in [5, 5.41) is 10.5. The third-order valence-corrected chi connectivity index (χ3v) is 4.90. The molecule has 1 N–H and O–H groups in total. The molecule has 1 aliphatic rings. The standard InChI is InChI=1S/C19H26N2O2/c1-13(2)21-12-15(6-9-20-7-4-5-8-20)17-11-16(19(22)23)10-14(3)18(17)21/h10-13H,4-9H2,1-3H3,(H,22,23). The van der Waals surface area contributed by atoms with Gasteiger partial charge in [0.25, 0.3) is 0 Å². The second-order valence-corrected chi connectivity index (χ2v) is 6.95. The van der Waals surface area contributed by atoms with Gasteiger partial charge >= 0.3 is 5.97 Å². The first-order valence-corrected chi connectivity index (χ1v) is 8.57. The van der Waals surface area contributed by atoms with Crippen molar-refractivity contribution in [1.29, 1.82) is 0 Å². The second kappa shape index (κ2) is 6.36. The second-order valence-electron chi connectivity index (χ2n) is 6.95. The van der Waals surface area contributed by atoms with Gasteiger partial charge in [-0.3, -0.25) is 0 Å². The molecule has 1 saturated heterocycles. The molecule has 0 spiro atoms. The Hall–Kier alpha value is -1.81. The highest BCUT2D eigenvalue weighted by molar-refractivity contribution is 5.96. The molecule has 124 valence electrons. The van der Waals surface area contributed by atoms with Gasteiger partial charge in [0.05, 0.1) is 11.1 Å². The van der Waals surface area contributed by atoms with Crippen LogP contribution < -0.4 is 0 Å². The van der Waals surface area contributed by atoms with E-state index in [-0.39, 0.29) is 0 Å². The van der Waals surface area contributed by atoms with Crippen molar-refractivity contribution in [2.75, 3.05) is 19.6 Å². The molecule has 0 atom stereocenters. The summed E-state index contributed by atoms with van der Waals surface area (Å²) in [6.07, 6.45) is 5.81. The van der Waals surface area contributed by atoms with Crippen molar-refractivity contribution < 1.29 is 9.90 Å². The molecule has 0 saturated carbocycles. The van der Waals surface area contributed by atoms with Crippen LogP contribution in [0.3, 0.4) is 0 Å². The van der Waals surface area contributed by atoms with Crippen molar-refractivity contribution in [2.45, 2.75) is 46.1 Å². The number of aromatic nitrogens is 1. The van der Waals surface area contributed by atoms with Crippen LogP contribution in [0, 0.1) is 6.92 Å². The largest absolute Gasteiger partial charge is 0.478 e. The van der Waals surface area contributed by atoms with Crippen molar-refractivity contribution >= 4 is 16.9 Å². The van der Waals surface area contributed by atoms with Crippen LogP contribution >= 0.6 is 0 Å². The maximum atomic E-state index is 11.4. The fourth-order valence-corrected chi connectivity index (χ4v) is 3.68. The van der Waals surface area contributed by atoms with Crippen LogP contribution in [0.5, 0.6) is 0 Å². The van der Waals surface area contributed by atoms with Gasteiger partial charge in [0, 0.05) is 24.2 Å². The zero-order valence-corrected chi connectivity index (χ0v) is 14.3. The molecule has 0 radical (unpaired) electrons. The van der Waals surface area contributed by atoms with E-state index in [1.807, 2.05) is 13.0 Å². The molecular weight excluding hydrogens is 288 g/mol. The van der Waals surface area contributed by atoms with Gasteiger partial charge in [-0.25, -0.2) is 4.79 Å². The molecule has 1 aromatic carbocycles. The zero-order valence-electron chi connectivity index (χ0n) is 14.3. The number of likely N-dealkylation sites (tertiary alicyclic amines) is 1. The number of benzene rings is 1.